The van der Waals surface area contributed by atoms with Crippen LogP contribution in [0.5, 0.6) is 0 Å². The first kappa shape index (κ1) is 14.7. The molecule has 0 radical (unpaired) electrons. The highest BCUT2D eigenvalue weighted by Crippen LogP contribution is 2.41. The number of halogens is 1. The van der Waals surface area contributed by atoms with Crippen LogP contribution in [0.15, 0.2) is 0 Å². The molecule has 0 bridgehead atoms. The lowest BCUT2D eigenvalue weighted by atomic mass is 9.68. The van der Waals surface area contributed by atoms with Crippen molar-refractivity contribution >= 4 is 18.4 Å². The van der Waals surface area contributed by atoms with Crippen LogP contribution in [0.4, 0.5) is 0 Å². The van der Waals surface area contributed by atoms with Gasteiger partial charge in [0.2, 0.25) is 0 Å². The summed E-state index contributed by atoms with van der Waals surface area (Å²) in [5.41, 5.74) is 5.81. The molecule has 1 fully saturated rings. The Bertz CT molecular complexity index is 211. The minimum absolute atomic E-state index is 0. The van der Waals surface area contributed by atoms with Crippen molar-refractivity contribution in [1.82, 2.24) is 0 Å². The summed E-state index contributed by atoms with van der Waals surface area (Å²) in [5, 5.41) is 0. The van der Waals surface area contributed by atoms with Gasteiger partial charge in [-0.05, 0) is 30.7 Å². The maximum atomic E-state index is 11.3. The summed E-state index contributed by atoms with van der Waals surface area (Å²) in [7, 11) is 1.44. The molecule has 0 aromatic carbocycles. The van der Waals surface area contributed by atoms with Gasteiger partial charge in [0, 0.05) is 0 Å². The van der Waals surface area contributed by atoms with Crippen molar-refractivity contribution in [2.24, 2.45) is 17.1 Å². The Hall–Kier alpha value is -0.280. The number of esters is 1. The van der Waals surface area contributed by atoms with Crippen molar-refractivity contribution in [3.8, 4) is 0 Å². The molecule has 2 atom stereocenters. The molecule has 1 aliphatic carbocycles. The molecule has 0 heterocycles. The van der Waals surface area contributed by atoms with Gasteiger partial charge in [0.05, 0.1) is 13.5 Å². The Balaban J connectivity index is 0.00000196. The zero-order chi connectivity index (χ0) is 10.6. The average molecular weight is 236 g/mol. The fourth-order valence-corrected chi connectivity index (χ4v) is 2.57. The molecule has 0 saturated heterocycles. The lowest BCUT2D eigenvalue weighted by molar-refractivity contribution is -0.144. The van der Waals surface area contributed by atoms with Crippen LogP contribution in [0.1, 0.15) is 39.0 Å². The van der Waals surface area contributed by atoms with Crippen LogP contribution in [0, 0.1) is 11.3 Å². The molecule has 3 nitrogen and oxygen atoms in total. The third-order valence-electron chi connectivity index (χ3n) is 3.37. The van der Waals surface area contributed by atoms with E-state index in [2.05, 4.69) is 6.92 Å². The van der Waals surface area contributed by atoms with Crippen LogP contribution in [0.2, 0.25) is 0 Å². The monoisotopic (exact) mass is 235 g/mol. The topological polar surface area (TPSA) is 52.3 Å². The Morgan fingerprint density at radius 3 is 2.73 bits per heavy atom. The van der Waals surface area contributed by atoms with Crippen LogP contribution in [-0.2, 0) is 9.53 Å². The van der Waals surface area contributed by atoms with E-state index >= 15 is 0 Å². The van der Waals surface area contributed by atoms with Crippen molar-refractivity contribution in [3.63, 3.8) is 0 Å². The fourth-order valence-electron chi connectivity index (χ4n) is 2.57. The quantitative estimate of drug-likeness (QED) is 0.763. The van der Waals surface area contributed by atoms with Gasteiger partial charge >= 0.3 is 5.97 Å². The van der Waals surface area contributed by atoms with E-state index < -0.39 is 0 Å². The second kappa shape index (κ2) is 6.33. The molecular weight excluding hydrogens is 214 g/mol. The first-order valence-electron chi connectivity index (χ1n) is 5.39. The summed E-state index contributed by atoms with van der Waals surface area (Å²) in [5.74, 6) is 0.571. The molecule has 0 aliphatic heterocycles. The van der Waals surface area contributed by atoms with Crippen LogP contribution in [0.3, 0.4) is 0 Å². The van der Waals surface area contributed by atoms with Crippen LogP contribution >= 0.6 is 12.4 Å². The smallest absolute Gasteiger partial charge is 0.306 e. The van der Waals surface area contributed by atoms with Crippen molar-refractivity contribution in [2.75, 3.05) is 13.7 Å². The van der Waals surface area contributed by atoms with Gasteiger partial charge in [-0.2, -0.15) is 0 Å². The largest absolute Gasteiger partial charge is 0.469 e. The third-order valence-corrected chi connectivity index (χ3v) is 3.37. The molecule has 1 rings (SSSR count). The van der Waals surface area contributed by atoms with E-state index in [9.17, 15) is 4.79 Å². The molecule has 1 saturated carbocycles. The van der Waals surface area contributed by atoms with Gasteiger partial charge in [-0.3, -0.25) is 4.79 Å². The lowest BCUT2D eigenvalue weighted by Crippen LogP contribution is -2.37. The number of hydrogen-bond donors (Lipinski definition) is 1. The number of rotatable bonds is 3. The molecule has 0 aromatic rings. The number of nitrogens with two attached hydrogens (primary N) is 1. The highest BCUT2D eigenvalue weighted by molar-refractivity contribution is 5.85. The molecular formula is C11H22ClNO2. The summed E-state index contributed by atoms with van der Waals surface area (Å²) >= 11 is 0. The van der Waals surface area contributed by atoms with E-state index in [-0.39, 0.29) is 23.8 Å². The van der Waals surface area contributed by atoms with Crippen LogP contribution < -0.4 is 5.73 Å². The Kier molecular flexibility index (Phi) is 6.22. The number of methoxy groups -OCH3 is 1. The summed E-state index contributed by atoms with van der Waals surface area (Å²) in [6, 6.07) is 0. The van der Waals surface area contributed by atoms with Crippen molar-refractivity contribution in [3.05, 3.63) is 0 Å². The second-order valence-corrected chi connectivity index (χ2v) is 4.66. The Morgan fingerprint density at radius 2 is 2.27 bits per heavy atom. The van der Waals surface area contributed by atoms with Gasteiger partial charge in [-0.15, -0.1) is 12.4 Å². The summed E-state index contributed by atoms with van der Waals surface area (Å²) < 4.78 is 4.72. The minimum atomic E-state index is -0.121. The van der Waals surface area contributed by atoms with Crippen molar-refractivity contribution < 1.29 is 9.53 Å². The molecule has 0 spiro atoms. The normalized spacial score (nSPS) is 30.5. The van der Waals surface area contributed by atoms with E-state index in [1.54, 1.807) is 0 Å². The van der Waals surface area contributed by atoms with Gasteiger partial charge in [0.25, 0.3) is 0 Å². The lowest BCUT2D eigenvalue weighted by Gasteiger charge is -2.38. The second-order valence-electron chi connectivity index (χ2n) is 4.66. The predicted molar refractivity (Wildman–Crippen MR) is 63.0 cm³/mol. The van der Waals surface area contributed by atoms with E-state index in [0.717, 1.165) is 12.8 Å². The molecule has 1 aliphatic rings. The minimum Gasteiger partial charge on any atom is -0.469 e. The zero-order valence-corrected chi connectivity index (χ0v) is 10.4. The number of carbonyl (C=O) groups excluding carboxylic acids is 1. The molecule has 0 amide bonds. The number of carbonyl (C=O) groups is 1. The van der Waals surface area contributed by atoms with Gasteiger partial charge in [-0.25, -0.2) is 0 Å². The fraction of sp³-hybridized carbons (Fsp3) is 0.909. The summed E-state index contributed by atoms with van der Waals surface area (Å²) in [6.45, 7) is 2.84. The molecule has 0 aromatic heterocycles. The highest BCUT2D eigenvalue weighted by Gasteiger charge is 2.35. The van der Waals surface area contributed by atoms with E-state index in [1.807, 2.05) is 0 Å². The average Bonchev–Trinajstić information content (AvgIpc) is 2.17. The molecule has 15 heavy (non-hydrogen) atoms. The first-order chi connectivity index (χ1) is 6.62. The van der Waals surface area contributed by atoms with E-state index in [4.69, 9.17) is 10.5 Å². The van der Waals surface area contributed by atoms with Gasteiger partial charge in [0.15, 0.2) is 0 Å². The maximum absolute atomic E-state index is 11.3. The van der Waals surface area contributed by atoms with E-state index in [0.29, 0.717) is 18.9 Å². The van der Waals surface area contributed by atoms with Crippen molar-refractivity contribution in [1.29, 1.82) is 0 Å². The van der Waals surface area contributed by atoms with E-state index in [1.165, 1.54) is 20.0 Å². The standard InChI is InChI=1S/C11H21NO2.ClH/c1-9-4-3-5-11(6-9,8-12)7-10(13)14-2;/h9H,3-8,12H2,1-2H3;1H. The number of ether oxygens (including phenoxy) is 1. The molecule has 2 N–H and O–H groups in total. The molecule has 2 unspecified atom stereocenters. The zero-order valence-electron chi connectivity index (χ0n) is 9.62. The van der Waals surface area contributed by atoms with Crippen molar-refractivity contribution in [2.45, 2.75) is 39.0 Å². The highest BCUT2D eigenvalue weighted by atomic mass is 35.5. The van der Waals surface area contributed by atoms with Gasteiger partial charge < -0.3 is 10.5 Å². The summed E-state index contributed by atoms with van der Waals surface area (Å²) in [6.07, 6.45) is 5.09. The Labute approximate surface area is 98.2 Å². The SMILES string of the molecule is COC(=O)CC1(CN)CCCC(C)C1.Cl. The molecule has 4 heteroatoms. The first-order valence-corrected chi connectivity index (χ1v) is 5.39. The summed E-state index contributed by atoms with van der Waals surface area (Å²) in [4.78, 5) is 11.3. The third kappa shape index (κ3) is 3.99. The predicted octanol–water partition coefficient (Wildman–Crippen LogP) is 2.13. The van der Waals surface area contributed by atoms with Gasteiger partial charge in [0.1, 0.15) is 0 Å². The van der Waals surface area contributed by atoms with Crippen LogP contribution in [0.25, 0.3) is 0 Å². The molecule has 90 valence electrons. The van der Waals surface area contributed by atoms with Crippen LogP contribution in [-0.4, -0.2) is 19.6 Å². The van der Waals surface area contributed by atoms with Gasteiger partial charge in [-0.1, -0.05) is 19.8 Å². The number of hydrogen-bond acceptors (Lipinski definition) is 3. The maximum Gasteiger partial charge on any atom is 0.306 e. The Morgan fingerprint density at radius 1 is 1.60 bits per heavy atom.